The Morgan fingerprint density at radius 3 is 3.07 bits per heavy atom. The van der Waals surface area contributed by atoms with Crippen LogP contribution in [0.4, 0.5) is 0 Å². The van der Waals surface area contributed by atoms with Crippen LogP contribution in [0.3, 0.4) is 0 Å². The third-order valence-electron chi connectivity index (χ3n) is 2.57. The first-order chi connectivity index (χ1) is 7.22. The fourth-order valence-electron chi connectivity index (χ4n) is 1.82. The third kappa shape index (κ3) is 5.14. The van der Waals surface area contributed by atoms with Crippen molar-refractivity contribution in [1.82, 2.24) is 10.6 Å². The molecule has 0 radical (unpaired) electrons. The molecule has 1 aliphatic rings. The number of amides is 1. The van der Waals surface area contributed by atoms with E-state index < -0.39 is 0 Å². The molecule has 1 saturated heterocycles. The summed E-state index contributed by atoms with van der Waals surface area (Å²) in [6, 6.07) is 0.489. The second-order valence-electron chi connectivity index (χ2n) is 4.13. The van der Waals surface area contributed by atoms with Crippen molar-refractivity contribution >= 4 is 5.91 Å². The molecule has 0 aromatic carbocycles. The maximum Gasteiger partial charge on any atom is 0.221 e. The summed E-state index contributed by atoms with van der Waals surface area (Å²) >= 11 is 0. The Morgan fingerprint density at radius 2 is 2.47 bits per heavy atom. The summed E-state index contributed by atoms with van der Waals surface area (Å²) in [6.07, 6.45) is 2.90. The van der Waals surface area contributed by atoms with Crippen molar-refractivity contribution in [3.05, 3.63) is 0 Å². The normalized spacial score (nSPS) is 22.7. The first kappa shape index (κ1) is 12.5. The van der Waals surface area contributed by atoms with E-state index in [1.54, 1.807) is 0 Å². The van der Waals surface area contributed by atoms with Gasteiger partial charge in [-0.3, -0.25) is 4.79 Å². The maximum atomic E-state index is 11.6. The van der Waals surface area contributed by atoms with E-state index in [4.69, 9.17) is 4.74 Å². The van der Waals surface area contributed by atoms with E-state index >= 15 is 0 Å². The van der Waals surface area contributed by atoms with Crippen molar-refractivity contribution in [3.63, 3.8) is 0 Å². The van der Waals surface area contributed by atoms with Crippen molar-refractivity contribution in [2.75, 3.05) is 19.8 Å². The second kappa shape index (κ2) is 6.80. The van der Waals surface area contributed by atoms with Crippen LogP contribution in [0.1, 0.15) is 33.1 Å². The molecule has 15 heavy (non-hydrogen) atoms. The van der Waals surface area contributed by atoms with Gasteiger partial charge in [0, 0.05) is 25.1 Å². The van der Waals surface area contributed by atoms with Crippen LogP contribution >= 0.6 is 0 Å². The fraction of sp³-hybridized carbons (Fsp3) is 0.909. The standard InChI is InChI=1S/C11H22N2O2/c1-3-15-8-9(2)13-11(14)7-10-5-4-6-12-10/h9-10,12H,3-8H2,1-2H3,(H,13,14). The molecule has 1 rings (SSSR count). The molecule has 88 valence electrons. The van der Waals surface area contributed by atoms with E-state index in [2.05, 4.69) is 10.6 Å². The monoisotopic (exact) mass is 214 g/mol. The van der Waals surface area contributed by atoms with Crippen molar-refractivity contribution in [2.24, 2.45) is 0 Å². The summed E-state index contributed by atoms with van der Waals surface area (Å²) in [6.45, 7) is 6.27. The molecule has 0 aromatic heterocycles. The maximum absolute atomic E-state index is 11.6. The third-order valence-corrected chi connectivity index (χ3v) is 2.57. The smallest absolute Gasteiger partial charge is 0.221 e. The quantitative estimate of drug-likeness (QED) is 0.683. The summed E-state index contributed by atoms with van der Waals surface area (Å²) in [7, 11) is 0. The number of carbonyl (C=O) groups excluding carboxylic acids is 1. The van der Waals surface area contributed by atoms with Gasteiger partial charge in [0.2, 0.25) is 5.91 Å². The zero-order valence-electron chi connectivity index (χ0n) is 9.71. The molecule has 1 aliphatic heterocycles. The summed E-state index contributed by atoms with van der Waals surface area (Å²) in [5.41, 5.74) is 0. The molecule has 0 spiro atoms. The fourth-order valence-corrected chi connectivity index (χ4v) is 1.82. The Kier molecular flexibility index (Phi) is 5.65. The molecule has 1 fully saturated rings. The van der Waals surface area contributed by atoms with Gasteiger partial charge < -0.3 is 15.4 Å². The Bertz CT molecular complexity index is 191. The largest absolute Gasteiger partial charge is 0.380 e. The van der Waals surface area contributed by atoms with Gasteiger partial charge in [0.15, 0.2) is 0 Å². The van der Waals surface area contributed by atoms with Crippen molar-refractivity contribution in [1.29, 1.82) is 0 Å². The number of carbonyl (C=O) groups is 1. The van der Waals surface area contributed by atoms with Crippen LogP contribution < -0.4 is 10.6 Å². The van der Waals surface area contributed by atoms with E-state index in [1.807, 2.05) is 13.8 Å². The van der Waals surface area contributed by atoms with Gasteiger partial charge in [-0.25, -0.2) is 0 Å². The van der Waals surface area contributed by atoms with Crippen molar-refractivity contribution < 1.29 is 9.53 Å². The van der Waals surface area contributed by atoms with Crippen LogP contribution in [0, 0.1) is 0 Å². The Morgan fingerprint density at radius 1 is 1.67 bits per heavy atom. The second-order valence-corrected chi connectivity index (χ2v) is 4.13. The Labute approximate surface area is 91.8 Å². The summed E-state index contributed by atoms with van der Waals surface area (Å²) in [5.74, 6) is 0.126. The zero-order chi connectivity index (χ0) is 11.1. The molecular formula is C11H22N2O2. The highest BCUT2D eigenvalue weighted by Crippen LogP contribution is 2.08. The van der Waals surface area contributed by atoms with Gasteiger partial charge in [-0.2, -0.15) is 0 Å². The molecule has 1 heterocycles. The van der Waals surface area contributed by atoms with Gasteiger partial charge in [-0.05, 0) is 33.2 Å². The van der Waals surface area contributed by atoms with Crippen LogP contribution in [-0.2, 0) is 9.53 Å². The van der Waals surface area contributed by atoms with Gasteiger partial charge >= 0.3 is 0 Å². The van der Waals surface area contributed by atoms with Crippen LogP contribution in [-0.4, -0.2) is 37.7 Å². The van der Waals surface area contributed by atoms with Crippen LogP contribution in [0.5, 0.6) is 0 Å². The average Bonchev–Trinajstić information content (AvgIpc) is 2.67. The first-order valence-electron chi connectivity index (χ1n) is 5.83. The van der Waals surface area contributed by atoms with Gasteiger partial charge in [-0.15, -0.1) is 0 Å². The predicted octanol–water partition coefficient (Wildman–Crippen LogP) is 0.670. The predicted molar refractivity (Wildman–Crippen MR) is 59.7 cm³/mol. The molecule has 2 atom stereocenters. The number of hydrogen-bond acceptors (Lipinski definition) is 3. The van der Waals surface area contributed by atoms with E-state index in [9.17, 15) is 4.79 Å². The molecule has 0 aliphatic carbocycles. The molecule has 0 aromatic rings. The lowest BCUT2D eigenvalue weighted by molar-refractivity contribution is -0.122. The molecule has 0 bridgehead atoms. The highest BCUT2D eigenvalue weighted by molar-refractivity contribution is 5.76. The lowest BCUT2D eigenvalue weighted by Crippen LogP contribution is -2.39. The molecule has 2 N–H and O–H groups in total. The highest BCUT2D eigenvalue weighted by atomic mass is 16.5. The van der Waals surface area contributed by atoms with Crippen LogP contribution in [0.15, 0.2) is 0 Å². The molecule has 4 nitrogen and oxygen atoms in total. The van der Waals surface area contributed by atoms with E-state index in [0.717, 1.165) is 13.0 Å². The van der Waals surface area contributed by atoms with Gasteiger partial charge in [0.05, 0.1) is 6.61 Å². The lowest BCUT2D eigenvalue weighted by atomic mass is 10.1. The first-order valence-corrected chi connectivity index (χ1v) is 5.83. The van der Waals surface area contributed by atoms with E-state index in [0.29, 0.717) is 25.7 Å². The van der Waals surface area contributed by atoms with Crippen LogP contribution in [0.25, 0.3) is 0 Å². The lowest BCUT2D eigenvalue weighted by Gasteiger charge is -2.15. The van der Waals surface area contributed by atoms with E-state index in [1.165, 1.54) is 6.42 Å². The van der Waals surface area contributed by atoms with Gasteiger partial charge in [-0.1, -0.05) is 0 Å². The number of rotatable bonds is 6. The summed E-state index contributed by atoms with van der Waals surface area (Å²) in [5, 5.41) is 6.25. The van der Waals surface area contributed by atoms with E-state index in [-0.39, 0.29) is 11.9 Å². The molecule has 0 saturated carbocycles. The number of hydrogen-bond donors (Lipinski definition) is 2. The Balaban J connectivity index is 2.11. The van der Waals surface area contributed by atoms with Crippen molar-refractivity contribution in [3.8, 4) is 0 Å². The highest BCUT2D eigenvalue weighted by Gasteiger charge is 2.18. The number of nitrogens with one attached hydrogen (secondary N) is 2. The van der Waals surface area contributed by atoms with Gasteiger partial charge in [0.1, 0.15) is 0 Å². The number of ether oxygens (including phenoxy) is 1. The van der Waals surface area contributed by atoms with Crippen molar-refractivity contribution in [2.45, 2.75) is 45.2 Å². The SMILES string of the molecule is CCOCC(C)NC(=O)CC1CCCN1. The molecular weight excluding hydrogens is 192 g/mol. The minimum atomic E-state index is 0.110. The summed E-state index contributed by atoms with van der Waals surface area (Å²) in [4.78, 5) is 11.6. The summed E-state index contributed by atoms with van der Waals surface area (Å²) < 4.78 is 5.24. The average molecular weight is 214 g/mol. The minimum absolute atomic E-state index is 0.110. The molecule has 4 heteroatoms. The minimum Gasteiger partial charge on any atom is -0.380 e. The molecule has 1 amide bonds. The topological polar surface area (TPSA) is 50.4 Å². The molecule has 2 unspecified atom stereocenters. The Hall–Kier alpha value is -0.610. The van der Waals surface area contributed by atoms with Crippen LogP contribution in [0.2, 0.25) is 0 Å². The zero-order valence-corrected chi connectivity index (χ0v) is 9.71. The van der Waals surface area contributed by atoms with Gasteiger partial charge in [0.25, 0.3) is 0 Å².